The summed E-state index contributed by atoms with van der Waals surface area (Å²) in [6.45, 7) is 6.95. The number of ether oxygens (including phenoxy) is 2. The number of esters is 1. The Kier molecular flexibility index (Phi) is 7.42. The molecule has 0 saturated carbocycles. The van der Waals surface area contributed by atoms with Gasteiger partial charge in [0.2, 0.25) is 0 Å². The summed E-state index contributed by atoms with van der Waals surface area (Å²) in [5.74, 6) is -0.806. The number of hydrogen-bond acceptors (Lipinski definition) is 5. The topological polar surface area (TPSA) is 81.7 Å². The number of carbonyl (C=O) groups excluding carboxylic acids is 3. The minimum atomic E-state index is -0.951. The van der Waals surface area contributed by atoms with Crippen LogP contribution in [0.3, 0.4) is 0 Å². The average Bonchev–Trinajstić information content (AvgIpc) is 2.50. The van der Waals surface area contributed by atoms with Crippen LogP contribution in [-0.2, 0) is 25.7 Å². The lowest BCUT2D eigenvalue weighted by Crippen LogP contribution is -2.44. The second kappa shape index (κ2) is 9.05. The van der Waals surface area contributed by atoms with Crippen molar-refractivity contribution >= 4 is 17.8 Å². The fraction of sp³-hybridized carbons (Fsp3) is 0.500. The Morgan fingerprint density at radius 1 is 1.12 bits per heavy atom. The first-order valence-corrected chi connectivity index (χ1v) is 7.93. The van der Waals surface area contributed by atoms with Gasteiger partial charge in [0.25, 0.3) is 0 Å². The predicted octanol–water partition coefficient (Wildman–Crippen LogP) is 2.99. The molecule has 6 heteroatoms. The predicted molar refractivity (Wildman–Crippen MR) is 89.3 cm³/mol. The molecular formula is C18H25NO5. The van der Waals surface area contributed by atoms with Gasteiger partial charge in [-0.05, 0) is 26.3 Å². The van der Waals surface area contributed by atoms with Gasteiger partial charge in [-0.3, -0.25) is 9.59 Å². The second-order valence-electron chi connectivity index (χ2n) is 6.37. The molecule has 1 amide bonds. The lowest BCUT2D eigenvalue weighted by atomic mass is 10.1. The summed E-state index contributed by atoms with van der Waals surface area (Å²) in [6.07, 6.45) is -0.754. The molecule has 1 aromatic rings. The number of nitrogens with one attached hydrogen (secondary N) is 1. The van der Waals surface area contributed by atoms with E-state index in [0.717, 1.165) is 5.56 Å². The van der Waals surface area contributed by atoms with Crippen molar-refractivity contribution in [3.8, 4) is 0 Å². The number of benzene rings is 1. The smallest absolute Gasteiger partial charge is 0.408 e. The standard InChI is InChI=1S/C18H25NO5/c1-5-15(20)14(19-17(22)24-18(2,3)4)11-16(21)23-12-13-9-7-6-8-10-13/h6-10,14H,5,11-12H2,1-4H3,(H,19,22). The minimum absolute atomic E-state index is 0.124. The number of Topliss-reactive ketones (excluding diaryl/α,β-unsaturated/α-hetero) is 1. The quantitative estimate of drug-likeness (QED) is 0.775. The van der Waals surface area contributed by atoms with Crippen LogP contribution in [0.1, 0.15) is 46.1 Å². The van der Waals surface area contributed by atoms with Crippen molar-refractivity contribution in [1.29, 1.82) is 0 Å². The van der Waals surface area contributed by atoms with E-state index in [0.29, 0.717) is 0 Å². The van der Waals surface area contributed by atoms with E-state index in [4.69, 9.17) is 9.47 Å². The molecule has 1 rings (SSSR count). The third-order valence-corrected chi connectivity index (χ3v) is 3.04. The molecule has 0 aromatic heterocycles. The Labute approximate surface area is 142 Å². The fourth-order valence-corrected chi connectivity index (χ4v) is 1.91. The highest BCUT2D eigenvalue weighted by molar-refractivity contribution is 5.90. The van der Waals surface area contributed by atoms with Gasteiger partial charge in [-0.2, -0.15) is 0 Å². The molecule has 0 fully saturated rings. The lowest BCUT2D eigenvalue weighted by Gasteiger charge is -2.22. The Hall–Kier alpha value is -2.37. The van der Waals surface area contributed by atoms with Gasteiger partial charge < -0.3 is 14.8 Å². The highest BCUT2D eigenvalue weighted by Crippen LogP contribution is 2.09. The first kappa shape index (κ1) is 19.7. The van der Waals surface area contributed by atoms with Crippen LogP contribution in [0.5, 0.6) is 0 Å². The van der Waals surface area contributed by atoms with E-state index in [2.05, 4.69) is 5.32 Å². The molecule has 1 unspecified atom stereocenters. The van der Waals surface area contributed by atoms with E-state index in [1.54, 1.807) is 27.7 Å². The summed E-state index contributed by atoms with van der Waals surface area (Å²) in [7, 11) is 0. The molecule has 1 atom stereocenters. The zero-order valence-corrected chi connectivity index (χ0v) is 14.6. The molecule has 0 aliphatic carbocycles. The molecule has 1 aromatic carbocycles. The Morgan fingerprint density at radius 2 is 1.75 bits per heavy atom. The van der Waals surface area contributed by atoms with Crippen LogP contribution in [-0.4, -0.2) is 29.5 Å². The summed E-state index contributed by atoms with van der Waals surface area (Å²) < 4.78 is 10.3. The zero-order chi connectivity index (χ0) is 18.2. The third kappa shape index (κ3) is 7.76. The van der Waals surface area contributed by atoms with Crippen LogP contribution in [0.2, 0.25) is 0 Å². The van der Waals surface area contributed by atoms with E-state index < -0.39 is 23.7 Å². The SMILES string of the molecule is CCC(=O)C(CC(=O)OCc1ccccc1)NC(=O)OC(C)(C)C. The molecule has 0 heterocycles. The van der Waals surface area contributed by atoms with Gasteiger partial charge >= 0.3 is 12.1 Å². The third-order valence-electron chi connectivity index (χ3n) is 3.04. The van der Waals surface area contributed by atoms with Crippen LogP contribution >= 0.6 is 0 Å². The van der Waals surface area contributed by atoms with Gasteiger partial charge in [0.15, 0.2) is 5.78 Å². The molecule has 0 radical (unpaired) electrons. The average molecular weight is 335 g/mol. The number of alkyl carbamates (subject to hydrolysis) is 1. The van der Waals surface area contributed by atoms with Gasteiger partial charge in [-0.25, -0.2) is 4.79 Å². The van der Waals surface area contributed by atoms with Gasteiger partial charge in [-0.1, -0.05) is 37.3 Å². The minimum Gasteiger partial charge on any atom is -0.461 e. The molecule has 0 bridgehead atoms. The molecule has 24 heavy (non-hydrogen) atoms. The van der Waals surface area contributed by atoms with Crippen LogP contribution in [0, 0.1) is 0 Å². The molecule has 0 aliphatic rings. The Balaban J connectivity index is 2.57. The monoisotopic (exact) mass is 335 g/mol. The highest BCUT2D eigenvalue weighted by atomic mass is 16.6. The number of hydrogen-bond donors (Lipinski definition) is 1. The van der Waals surface area contributed by atoms with Gasteiger partial charge in [-0.15, -0.1) is 0 Å². The van der Waals surface area contributed by atoms with E-state index in [1.807, 2.05) is 30.3 Å². The summed E-state index contributed by atoms with van der Waals surface area (Å²) in [5, 5.41) is 2.44. The first-order valence-electron chi connectivity index (χ1n) is 7.93. The maximum Gasteiger partial charge on any atom is 0.408 e. The number of amides is 1. The van der Waals surface area contributed by atoms with E-state index in [9.17, 15) is 14.4 Å². The summed E-state index contributed by atoms with van der Waals surface area (Å²) in [5.41, 5.74) is 0.168. The summed E-state index contributed by atoms with van der Waals surface area (Å²) in [4.78, 5) is 35.7. The molecule has 6 nitrogen and oxygen atoms in total. The first-order chi connectivity index (χ1) is 11.2. The fourth-order valence-electron chi connectivity index (χ4n) is 1.91. The molecular weight excluding hydrogens is 310 g/mol. The number of ketones is 1. The molecule has 0 aliphatic heterocycles. The normalized spacial score (nSPS) is 12.2. The van der Waals surface area contributed by atoms with Gasteiger partial charge in [0, 0.05) is 6.42 Å². The zero-order valence-electron chi connectivity index (χ0n) is 14.6. The van der Waals surface area contributed by atoms with Crippen molar-refractivity contribution < 1.29 is 23.9 Å². The maximum atomic E-state index is 11.9. The summed E-state index contributed by atoms with van der Waals surface area (Å²) in [6, 6.07) is 8.27. The van der Waals surface area contributed by atoms with Gasteiger partial charge in [0.1, 0.15) is 18.2 Å². The largest absolute Gasteiger partial charge is 0.461 e. The molecule has 0 saturated heterocycles. The van der Waals surface area contributed by atoms with E-state index >= 15 is 0 Å². The van der Waals surface area contributed by atoms with Crippen LogP contribution in [0.25, 0.3) is 0 Å². The summed E-state index contributed by atoms with van der Waals surface area (Å²) >= 11 is 0. The second-order valence-corrected chi connectivity index (χ2v) is 6.37. The van der Waals surface area contributed by atoms with Crippen molar-refractivity contribution in [3.05, 3.63) is 35.9 Å². The van der Waals surface area contributed by atoms with Crippen molar-refractivity contribution in [2.45, 2.75) is 58.8 Å². The van der Waals surface area contributed by atoms with Crippen LogP contribution in [0.15, 0.2) is 30.3 Å². The van der Waals surface area contributed by atoms with Crippen molar-refractivity contribution in [2.24, 2.45) is 0 Å². The van der Waals surface area contributed by atoms with Crippen molar-refractivity contribution in [2.75, 3.05) is 0 Å². The molecule has 132 valence electrons. The Morgan fingerprint density at radius 3 is 2.29 bits per heavy atom. The van der Waals surface area contributed by atoms with Gasteiger partial charge in [0.05, 0.1) is 6.42 Å². The number of rotatable bonds is 7. The van der Waals surface area contributed by atoms with E-state index in [-0.39, 0.29) is 25.2 Å². The van der Waals surface area contributed by atoms with Crippen LogP contribution in [0.4, 0.5) is 4.79 Å². The Bertz CT molecular complexity index is 563. The van der Waals surface area contributed by atoms with Crippen molar-refractivity contribution in [3.63, 3.8) is 0 Å². The van der Waals surface area contributed by atoms with Crippen LogP contribution < -0.4 is 5.32 Å². The highest BCUT2D eigenvalue weighted by Gasteiger charge is 2.26. The number of carbonyl (C=O) groups is 3. The lowest BCUT2D eigenvalue weighted by molar-refractivity contribution is -0.146. The van der Waals surface area contributed by atoms with Crippen molar-refractivity contribution in [1.82, 2.24) is 5.32 Å². The van der Waals surface area contributed by atoms with E-state index in [1.165, 1.54) is 0 Å². The maximum absolute atomic E-state index is 11.9. The molecule has 1 N–H and O–H groups in total. The molecule has 0 spiro atoms.